The summed E-state index contributed by atoms with van der Waals surface area (Å²) in [6.45, 7) is 0. The predicted octanol–water partition coefficient (Wildman–Crippen LogP) is 1.75. The van der Waals surface area contributed by atoms with Crippen molar-refractivity contribution in [2.24, 2.45) is 0 Å². The number of nitrogens with two attached hydrogens (primary N) is 1. The highest BCUT2D eigenvalue weighted by molar-refractivity contribution is 6.30. The number of carbonyl (C=O) groups is 2. The molecular formula is C14H9NO3. The summed E-state index contributed by atoms with van der Waals surface area (Å²) in [6, 6.07) is 9.22. The lowest BCUT2D eigenvalue weighted by Gasteiger charge is -2.19. The smallest absolute Gasteiger partial charge is 0.200 e. The second kappa shape index (κ2) is 3.43. The Bertz CT molecular complexity index is 647. The monoisotopic (exact) mass is 239 g/mol. The zero-order valence-corrected chi connectivity index (χ0v) is 9.31. The van der Waals surface area contributed by atoms with Crippen LogP contribution in [0.4, 0.5) is 5.69 Å². The van der Waals surface area contributed by atoms with Crippen molar-refractivity contribution in [3.8, 4) is 5.75 Å². The molecule has 1 aliphatic carbocycles. The van der Waals surface area contributed by atoms with Gasteiger partial charge in [-0.2, -0.15) is 0 Å². The van der Waals surface area contributed by atoms with E-state index in [2.05, 4.69) is 0 Å². The first-order valence-corrected chi connectivity index (χ1v) is 5.41. The van der Waals surface area contributed by atoms with Gasteiger partial charge in [0.05, 0.1) is 11.1 Å². The summed E-state index contributed by atoms with van der Waals surface area (Å²) in [5.74, 6) is -0.890. The third-order valence-corrected chi connectivity index (χ3v) is 3.08. The van der Waals surface area contributed by atoms with Gasteiger partial charge in [0.1, 0.15) is 5.75 Å². The normalized spacial score (nSPS) is 13.1. The Kier molecular flexibility index (Phi) is 2.01. The molecule has 0 saturated heterocycles. The number of benzene rings is 2. The summed E-state index contributed by atoms with van der Waals surface area (Å²) in [5, 5.41) is 9.75. The number of rotatable bonds is 0. The lowest BCUT2D eigenvalue weighted by molar-refractivity contribution is 0.0977. The quantitative estimate of drug-likeness (QED) is 0.585. The Hall–Kier alpha value is -2.62. The van der Waals surface area contributed by atoms with Crippen molar-refractivity contribution >= 4 is 17.3 Å². The molecule has 3 N–H and O–H groups in total. The second-order valence-electron chi connectivity index (χ2n) is 4.13. The van der Waals surface area contributed by atoms with Gasteiger partial charge in [-0.15, -0.1) is 0 Å². The number of ketones is 2. The fraction of sp³-hybridized carbons (Fsp3) is 0. The van der Waals surface area contributed by atoms with Crippen LogP contribution in [0.3, 0.4) is 0 Å². The van der Waals surface area contributed by atoms with Gasteiger partial charge < -0.3 is 10.8 Å². The van der Waals surface area contributed by atoms with Gasteiger partial charge in [-0.1, -0.05) is 24.3 Å². The molecule has 3 rings (SSSR count). The predicted molar refractivity (Wildman–Crippen MR) is 65.8 cm³/mol. The van der Waals surface area contributed by atoms with Crippen molar-refractivity contribution < 1.29 is 14.7 Å². The maximum atomic E-state index is 12.3. The average Bonchev–Trinajstić information content (AvgIpc) is 2.35. The number of hydrogen-bond donors (Lipinski definition) is 2. The molecule has 88 valence electrons. The Morgan fingerprint density at radius 3 is 2.17 bits per heavy atom. The van der Waals surface area contributed by atoms with Crippen LogP contribution in [0.5, 0.6) is 5.75 Å². The van der Waals surface area contributed by atoms with Crippen LogP contribution in [0.2, 0.25) is 0 Å². The summed E-state index contributed by atoms with van der Waals surface area (Å²) in [6.07, 6.45) is 0. The zero-order chi connectivity index (χ0) is 12.9. The molecule has 0 fully saturated rings. The van der Waals surface area contributed by atoms with E-state index in [1.807, 2.05) is 0 Å². The van der Waals surface area contributed by atoms with Crippen molar-refractivity contribution in [1.82, 2.24) is 0 Å². The Labute approximate surface area is 103 Å². The van der Waals surface area contributed by atoms with E-state index in [4.69, 9.17) is 5.73 Å². The van der Waals surface area contributed by atoms with Crippen LogP contribution in [0, 0.1) is 0 Å². The number of fused-ring (bicyclic) bond motifs is 2. The highest BCUT2D eigenvalue weighted by Gasteiger charge is 2.32. The Balaban J connectivity index is 2.40. The molecule has 0 atom stereocenters. The number of carbonyl (C=O) groups excluding carboxylic acids is 2. The van der Waals surface area contributed by atoms with E-state index in [0.717, 1.165) is 0 Å². The van der Waals surface area contributed by atoms with Crippen molar-refractivity contribution in [3.63, 3.8) is 0 Å². The minimum Gasteiger partial charge on any atom is -0.507 e. The van der Waals surface area contributed by atoms with Crippen molar-refractivity contribution in [1.29, 1.82) is 0 Å². The molecule has 4 heteroatoms. The minimum atomic E-state index is -0.407. The van der Waals surface area contributed by atoms with Crippen LogP contribution in [0.25, 0.3) is 0 Å². The van der Waals surface area contributed by atoms with Gasteiger partial charge in [0.2, 0.25) is 0 Å². The molecule has 0 heterocycles. The molecule has 0 saturated carbocycles. The Morgan fingerprint density at radius 1 is 0.833 bits per heavy atom. The van der Waals surface area contributed by atoms with Gasteiger partial charge in [0.25, 0.3) is 0 Å². The van der Waals surface area contributed by atoms with E-state index in [9.17, 15) is 14.7 Å². The maximum absolute atomic E-state index is 12.3. The van der Waals surface area contributed by atoms with E-state index in [1.165, 1.54) is 18.2 Å². The topological polar surface area (TPSA) is 80.4 Å². The summed E-state index contributed by atoms with van der Waals surface area (Å²) < 4.78 is 0. The molecule has 18 heavy (non-hydrogen) atoms. The van der Waals surface area contributed by atoms with E-state index >= 15 is 0 Å². The number of nitrogen functional groups attached to an aromatic ring is 1. The van der Waals surface area contributed by atoms with Gasteiger partial charge in [-0.3, -0.25) is 9.59 Å². The standard InChI is InChI=1S/C14H9NO3/c15-9-5-1-3-7-11(9)14(18)12-8(13(7)17)4-2-6-10(12)16/h1-6,16H,15H2. The van der Waals surface area contributed by atoms with Crippen LogP contribution < -0.4 is 5.73 Å². The van der Waals surface area contributed by atoms with Crippen molar-refractivity contribution in [2.75, 3.05) is 5.73 Å². The van der Waals surface area contributed by atoms with E-state index in [1.54, 1.807) is 18.2 Å². The van der Waals surface area contributed by atoms with E-state index < -0.39 is 5.78 Å². The molecule has 0 radical (unpaired) electrons. The van der Waals surface area contributed by atoms with E-state index in [-0.39, 0.29) is 39.5 Å². The second-order valence-corrected chi connectivity index (χ2v) is 4.13. The van der Waals surface area contributed by atoms with Crippen LogP contribution >= 0.6 is 0 Å². The minimum absolute atomic E-state index is 0.0351. The maximum Gasteiger partial charge on any atom is 0.200 e. The third-order valence-electron chi connectivity index (χ3n) is 3.08. The van der Waals surface area contributed by atoms with Gasteiger partial charge in [0, 0.05) is 16.8 Å². The molecule has 0 aromatic heterocycles. The fourth-order valence-electron chi connectivity index (χ4n) is 2.25. The lowest BCUT2D eigenvalue weighted by atomic mass is 9.83. The number of phenolic OH excluding ortho intramolecular Hbond substituents is 1. The van der Waals surface area contributed by atoms with Gasteiger partial charge in [-0.05, 0) is 12.1 Å². The molecule has 1 aliphatic rings. The third kappa shape index (κ3) is 1.20. The number of hydrogen-bond acceptors (Lipinski definition) is 4. The summed E-state index contributed by atoms with van der Waals surface area (Å²) >= 11 is 0. The van der Waals surface area contributed by atoms with Crippen molar-refractivity contribution in [2.45, 2.75) is 0 Å². The Morgan fingerprint density at radius 2 is 1.44 bits per heavy atom. The lowest BCUT2D eigenvalue weighted by Crippen LogP contribution is -2.22. The van der Waals surface area contributed by atoms with Gasteiger partial charge in [0.15, 0.2) is 11.6 Å². The van der Waals surface area contributed by atoms with Crippen molar-refractivity contribution in [3.05, 3.63) is 58.7 Å². The first-order chi connectivity index (χ1) is 8.61. The van der Waals surface area contributed by atoms with Gasteiger partial charge in [-0.25, -0.2) is 0 Å². The molecular weight excluding hydrogens is 230 g/mol. The van der Waals surface area contributed by atoms with E-state index in [0.29, 0.717) is 0 Å². The van der Waals surface area contributed by atoms with Gasteiger partial charge >= 0.3 is 0 Å². The van der Waals surface area contributed by atoms with Crippen LogP contribution in [-0.4, -0.2) is 16.7 Å². The zero-order valence-electron chi connectivity index (χ0n) is 9.31. The van der Waals surface area contributed by atoms with Crippen LogP contribution in [0.1, 0.15) is 31.8 Å². The fourth-order valence-corrected chi connectivity index (χ4v) is 2.25. The number of aromatic hydroxyl groups is 1. The highest BCUT2D eigenvalue weighted by Crippen LogP contribution is 2.34. The molecule has 2 aromatic carbocycles. The molecule has 0 unspecified atom stereocenters. The SMILES string of the molecule is Nc1cccc2c1C(=O)c1c(O)cccc1C2=O. The first-order valence-electron chi connectivity index (χ1n) is 5.41. The summed E-state index contributed by atoms with van der Waals surface area (Å²) in [4.78, 5) is 24.5. The largest absolute Gasteiger partial charge is 0.507 e. The van der Waals surface area contributed by atoms with Crippen LogP contribution in [0.15, 0.2) is 36.4 Å². The highest BCUT2D eigenvalue weighted by atomic mass is 16.3. The first kappa shape index (κ1) is 10.5. The number of phenols is 1. The molecule has 0 bridgehead atoms. The molecule has 2 aromatic rings. The summed E-state index contributed by atoms with van der Waals surface area (Å²) in [5.41, 5.74) is 6.72. The molecule has 4 nitrogen and oxygen atoms in total. The van der Waals surface area contributed by atoms with Crippen LogP contribution in [-0.2, 0) is 0 Å². The molecule has 0 spiro atoms. The number of anilines is 1. The summed E-state index contributed by atoms with van der Waals surface area (Å²) in [7, 11) is 0. The molecule has 0 aliphatic heterocycles. The average molecular weight is 239 g/mol. The molecule has 0 amide bonds.